The van der Waals surface area contributed by atoms with Crippen molar-refractivity contribution in [1.82, 2.24) is 0 Å². The molecule has 6 nitrogen and oxygen atoms in total. The molecule has 0 aliphatic carbocycles. The Bertz CT molecular complexity index is 413. The average Bonchev–Trinajstić information content (AvgIpc) is 2.61. The number of rotatable bonds is 13. The fourth-order valence-electron chi connectivity index (χ4n) is 3.30. The molecule has 152 valence electrons. The van der Waals surface area contributed by atoms with Gasteiger partial charge in [0.1, 0.15) is 0 Å². The summed E-state index contributed by atoms with van der Waals surface area (Å²) in [6.45, 7) is 10.8. The smallest absolute Gasteiger partial charge is 0.452 e. The Morgan fingerprint density at radius 2 is 1.38 bits per heavy atom. The van der Waals surface area contributed by atoms with Gasteiger partial charge in [-0.1, -0.05) is 83.4 Å². The van der Waals surface area contributed by atoms with E-state index in [9.17, 15) is 9.59 Å². The Labute approximate surface area is 160 Å². The van der Waals surface area contributed by atoms with E-state index in [0.29, 0.717) is 12.5 Å². The molecule has 0 aliphatic rings. The van der Waals surface area contributed by atoms with Crippen LogP contribution in [0, 0.1) is 5.92 Å². The third-order valence-electron chi connectivity index (χ3n) is 4.62. The molecule has 0 radical (unpaired) electrons. The monoisotopic (exact) mass is 386 g/mol. The van der Waals surface area contributed by atoms with Crippen LogP contribution in [0.2, 0.25) is 18.1 Å². The maximum atomic E-state index is 12.1. The van der Waals surface area contributed by atoms with Crippen LogP contribution in [0.5, 0.6) is 0 Å². The first-order valence-electron chi connectivity index (χ1n) is 10.3. The lowest BCUT2D eigenvalue weighted by Crippen LogP contribution is -2.39. The maximum Gasteiger partial charge on any atom is 0.452 e. The lowest BCUT2D eigenvalue weighted by molar-refractivity contribution is 0.130. The Hall–Kier alpha value is -1.24. The third kappa shape index (κ3) is 10.7. The molecule has 26 heavy (non-hydrogen) atoms. The van der Waals surface area contributed by atoms with Gasteiger partial charge >= 0.3 is 12.2 Å². The number of hydrogen-bond donors (Lipinski definition) is 0. The highest BCUT2D eigenvalue weighted by Crippen LogP contribution is 2.28. The zero-order chi connectivity index (χ0) is 19.8. The van der Waals surface area contributed by atoms with Crippen molar-refractivity contribution in [2.24, 2.45) is 16.1 Å². The summed E-state index contributed by atoms with van der Waals surface area (Å²) in [7, 11) is -2.14. The molecule has 2 amide bonds. The van der Waals surface area contributed by atoms with Gasteiger partial charge in [-0.2, -0.15) is 0 Å². The predicted molar refractivity (Wildman–Crippen MR) is 107 cm³/mol. The van der Waals surface area contributed by atoms with Crippen molar-refractivity contribution in [3.05, 3.63) is 0 Å². The number of ether oxygens (including phenoxy) is 1. The van der Waals surface area contributed by atoms with Crippen LogP contribution in [-0.4, -0.2) is 27.1 Å². The third-order valence-corrected chi connectivity index (χ3v) is 9.46. The summed E-state index contributed by atoms with van der Waals surface area (Å²) in [5, 5.41) is 6.83. The number of carbonyl (C=O) groups excluding carboxylic acids is 2. The summed E-state index contributed by atoms with van der Waals surface area (Å²) in [6.07, 6.45) is 5.59. The van der Waals surface area contributed by atoms with E-state index in [1.54, 1.807) is 0 Å². The summed E-state index contributed by atoms with van der Waals surface area (Å²) >= 11 is 0. The van der Waals surface area contributed by atoms with Crippen LogP contribution in [0.4, 0.5) is 9.59 Å². The van der Waals surface area contributed by atoms with Crippen LogP contribution >= 0.6 is 0 Å². The van der Waals surface area contributed by atoms with Crippen molar-refractivity contribution in [1.29, 1.82) is 0 Å². The molecular formula is C19H38N2O4Si. The molecule has 0 spiro atoms. The van der Waals surface area contributed by atoms with E-state index >= 15 is 0 Å². The van der Waals surface area contributed by atoms with Gasteiger partial charge in [0.2, 0.25) is 0 Å². The van der Waals surface area contributed by atoms with E-state index in [2.05, 4.69) is 44.8 Å². The molecule has 0 aromatic rings. The lowest BCUT2D eigenvalue weighted by Gasteiger charge is -2.29. The number of unbranched alkanes of at least 4 members (excludes halogenated alkanes) is 1. The zero-order valence-electron chi connectivity index (χ0n) is 17.4. The first-order chi connectivity index (χ1) is 12.5. The van der Waals surface area contributed by atoms with Gasteiger partial charge in [0.05, 0.1) is 6.61 Å². The second kappa shape index (κ2) is 14.9. The first-order valence-corrected chi connectivity index (χ1v) is 12.8. The standard InChI is InChI=1S/C19H38N2O4Si/c1-6-11-12-17(10-5)16-24-18(22)20-21-19(23)25-26(13-7-2,14-8-3)15-9-4/h17H,6-16H2,1-5H3. The fourth-order valence-corrected chi connectivity index (χ4v) is 7.50. The summed E-state index contributed by atoms with van der Waals surface area (Å²) in [6, 6.07) is 2.78. The van der Waals surface area contributed by atoms with E-state index < -0.39 is 20.5 Å². The number of amides is 2. The molecule has 0 aromatic heterocycles. The molecule has 0 bridgehead atoms. The van der Waals surface area contributed by atoms with Gasteiger partial charge in [-0.3, -0.25) is 0 Å². The topological polar surface area (TPSA) is 77.3 Å². The largest absolute Gasteiger partial charge is 0.501 e. The average molecular weight is 387 g/mol. The fraction of sp³-hybridized carbons (Fsp3) is 0.895. The first kappa shape index (κ1) is 24.8. The van der Waals surface area contributed by atoms with Crippen LogP contribution in [-0.2, 0) is 9.16 Å². The number of nitrogens with zero attached hydrogens (tertiary/aromatic N) is 2. The van der Waals surface area contributed by atoms with Crippen LogP contribution in [0.25, 0.3) is 0 Å². The molecule has 7 heteroatoms. The predicted octanol–water partition coefficient (Wildman–Crippen LogP) is 7.10. The van der Waals surface area contributed by atoms with E-state index in [-0.39, 0.29) is 0 Å². The SMILES string of the molecule is CCCCC(CC)COC(=O)N=NC(=O)O[Si](CCC)(CCC)CCC. The van der Waals surface area contributed by atoms with E-state index in [0.717, 1.165) is 63.1 Å². The minimum atomic E-state index is -2.14. The number of azo groups is 1. The van der Waals surface area contributed by atoms with Gasteiger partial charge < -0.3 is 9.16 Å². The van der Waals surface area contributed by atoms with Crippen LogP contribution in [0.15, 0.2) is 10.2 Å². The molecule has 1 unspecified atom stereocenters. The molecule has 0 rings (SSSR count). The molecule has 0 N–H and O–H groups in total. The summed E-state index contributed by atoms with van der Waals surface area (Å²) in [5.41, 5.74) is 0. The van der Waals surface area contributed by atoms with E-state index in [1.807, 2.05) is 0 Å². The van der Waals surface area contributed by atoms with Gasteiger partial charge in [-0.05, 0) is 30.5 Å². The Morgan fingerprint density at radius 3 is 1.85 bits per heavy atom. The zero-order valence-corrected chi connectivity index (χ0v) is 18.4. The number of carbonyl (C=O) groups is 2. The quantitative estimate of drug-likeness (QED) is 0.250. The minimum Gasteiger partial charge on any atom is -0.501 e. The summed E-state index contributed by atoms with van der Waals surface area (Å²) in [4.78, 5) is 23.8. The van der Waals surface area contributed by atoms with Crippen molar-refractivity contribution in [3.8, 4) is 0 Å². The Kier molecular flexibility index (Phi) is 14.2. The highest BCUT2D eigenvalue weighted by Gasteiger charge is 2.36. The highest BCUT2D eigenvalue weighted by atomic mass is 28.4. The Balaban J connectivity index is 4.58. The van der Waals surface area contributed by atoms with Crippen LogP contribution in [0.3, 0.4) is 0 Å². The maximum absolute atomic E-state index is 12.1. The molecule has 0 aliphatic heterocycles. The van der Waals surface area contributed by atoms with Crippen molar-refractivity contribution in [3.63, 3.8) is 0 Å². The number of hydrogen-bond acceptors (Lipinski definition) is 4. The molecule has 0 fully saturated rings. The van der Waals surface area contributed by atoms with Crippen molar-refractivity contribution in [2.45, 2.75) is 97.7 Å². The molecule has 0 heterocycles. The molecule has 1 atom stereocenters. The van der Waals surface area contributed by atoms with Gasteiger partial charge in [0.25, 0.3) is 8.32 Å². The van der Waals surface area contributed by atoms with Crippen LogP contribution < -0.4 is 0 Å². The Morgan fingerprint density at radius 1 is 0.846 bits per heavy atom. The minimum absolute atomic E-state index is 0.323. The van der Waals surface area contributed by atoms with E-state index in [4.69, 9.17) is 9.16 Å². The molecule has 0 aromatic carbocycles. The molecule has 0 saturated heterocycles. The highest BCUT2D eigenvalue weighted by molar-refractivity contribution is 6.75. The van der Waals surface area contributed by atoms with Gasteiger partial charge in [0.15, 0.2) is 0 Å². The van der Waals surface area contributed by atoms with E-state index in [1.165, 1.54) is 0 Å². The summed E-state index contributed by atoms with van der Waals surface area (Å²) in [5.74, 6) is 0.333. The van der Waals surface area contributed by atoms with Crippen LogP contribution in [0.1, 0.15) is 79.6 Å². The van der Waals surface area contributed by atoms with Crippen molar-refractivity contribution in [2.75, 3.05) is 6.61 Å². The second-order valence-electron chi connectivity index (χ2n) is 6.99. The normalized spacial score (nSPS) is 13.0. The van der Waals surface area contributed by atoms with Gasteiger partial charge in [-0.15, -0.1) is 0 Å². The van der Waals surface area contributed by atoms with Crippen molar-refractivity contribution < 1.29 is 18.8 Å². The molecule has 0 saturated carbocycles. The second-order valence-corrected chi connectivity index (χ2v) is 11.1. The van der Waals surface area contributed by atoms with Gasteiger partial charge in [0, 0.05) is 0 Å². The lowest BCUT2D eigenvalue weighted by atomic mass is 10.0. The van der Waals surface area contributed by atoms with Crippen molar-refractivity contribution >= 4 is 20.5 Å². The van der Waals surface area contributed by atoms with Gasteiger partial charge in [-0.25, -0.2) is 9.59 Å². The summed E-state index contributed by atoms with van der Waals surface area (Å²) < 4.78 is 10.9. The molecular weight excluding hydrogens is 348 g/mol.